The van der Waals surface area contributed by atoms with Gasteiger partial charge in [0.1, 0.15) is 12.3 Å². The molecule has 0 radical (unpaired) electrons. The first-order chi connectivity index (χ1) is 6.38. The summed E-state index contributed by atoms with van der Waals surface area (Å²) in [5.41, 5.74) is 1.45. The van der Waals surface area contributed by atoms with Crippen molar-refractivity contribution in [1.82, 2.24) is 0 Å². The Kier molecular flexibility index (Phi) is 3.59. The predicted octanol–water partition coefficient (Wildman–Crippen LogP) is 2.59. The van der Waals surface area contributed by atoms with E-state index >= 15 is 0 Å². The van der Waals surface area contributed by atoms with Crippen LogP contribution >= 0.6 is 0 Å². The molecule has 0 aromatic heterocycles. The summed E-state index contributed by atoms with van der Waals surface area (Å²) in [4.78, 5) is 0. The van der Waals surface area contributed by atoms with Crippen LogP contribution in [0.15, 0.2) is 36.6 Å². The van der Waals surface area contributed by atoms with Crippen LogP contribution in [0.3, 0.4) is 0 Å². The van der Waals surface area contributed by atoms with Crippen LogP contribution in [-0.4, -0.2) is 6.61 Å². The van der Waals surface area contributed by atoms with Crippen LogP contribution in [0, 0.1) is 11.3 Å². The van der Waals surface area contributed by atoms with Gasteiger partial charge < -0.3 is 4.74 Å². The van der Waals surface area contributed by atoms with Gasteiger partial charge in [0, 0.05) is 0 Å². The smallest absolute Gasteiger partial charge is 0.103 e. The van der Waals surface area contributed by atoms with Gasteiger partial charge in [0.25, 0.3) is 0 Å². The molecule has 0 bridgehead atoms. The van der Waals surface area contributed by atoms with E-state index in [-0.39, 0.29) is 0 Å². The van der Waals surface area contributed by atoms with Gasteiger partial charge in [-0.1, -0.05) is 30.3 Å². The summed E-state index contributed by atoms with van der Waals surface area (Å²) in [5.74, 6) is 0. The summed E-state index contributed by atoms with van der Waals surface area (Å²) in [6, 6.07) is 11.6. The Bertz CT molecular complexity index is 322. The number of benzene rings is 1. The van der Waals surface area contributed by atoms with E-state index in [0.29, 0.717) is 12.2 Å². The highest BCUT2D eigenvalue weighted by molar-refractivity contribution is 5.75. The normalized spacial score (nSPS) is 10.6. The Hall–Kier alpha value is -1.75. The van der Waals surface area contributed by atoms with E-state index in [1.54, 1.807) is 0 Å². The minimum Gasteiger partial charge on any atom is -0.500 e. The van der Waals surface area contributed by atoms with E-state index in [4.69, 9.17) is 10.00 Å². The molecule has 0 amide bonds. The van der Waals surface area contributed by atoms with Crippen LogP contribution in [0.1, 0.15) is 12.5 Å². The molecule has 0 unspecified atom stereocenters. The Morgan fingerprint density at radius 1 is 1.46 bits per heavy atom. The lowest BCUT2D eigenvalue weighted by molar-refractivity contribution is 0.271. The van der Waals surface area contributed by atoms with Crippen molar-refractivity contribution in [2.45, 2.75) is 6.92 Å². The van der Waals surface area contributed by atoms with Gasteiger partial charge in [-0.15, -0.1) is 0 Å². The minimum absolute atomic E-state index is 0.558. The number of allylic oxidation sites excluding steroid dienone is 1. The molecule has 1 aromatic rings. The Morgan fingerprint density at radius 3 is 2.69 bits per heavy atom. The molecule has 0 fully saturated rings. The maximum absolute atomic E-state index is 8.81. The first-order valence-electron chi connectivity index (χ1n) is 4.15. The number of rotatable bonds is 3. The second-order valence-corrected chi connectivity index (χ2v) is 2.46. The lowest BCUT2D eigenvalue weighted by Crippen LogP contribution is -1.84. The van der Waals surface area contributed by atoms with E-state index in [9.17, 15) is 0 Å². The summed E-state index contributed by atoms with van der Waals surface area (Å²) in [6.45, 7) is 2.47. The number of ether oxygens (including phenoxy) is 1. The largest absolute Gasteiger partial charge is 0.500 e. The molecule has 0 spiro atoms. The van der Waals surface area contributed by atoms with E-state index in [1.165, 1.54) is 6.26 Å². The molecule has 13 heavy (non-hydrogen) atoms. The molecule has 0 saturated heterocycles. The van der Waals surface area contributed by atoms with Gasteiger partial charge in [0.15, 0.2) is 0 Å². The van der Waals surface area contributed by atoms with Crippen LogP contribution < -0.4 is 0 Å². The van der Waals surface area contributed by atoms with Gasteiger partial charge in [-0.25, -0.2) is 0 Å². The number of nitrogens with zero attached hydrogens (tertiary/aromatic N) is 1. The minimum atomic E-state index is 0.558. The van der Waals surface area contributed by atoms with E-state index < -0.39 is 0 Å². The van der Waals surface area contributed by atoms with Crippen molar-refractivity contribution < 1.29 is 4.74 Å². The average molecular weight is 173 g/mol. The highest BCUT2D eigenvalue weighted by Crippen LogP contribution is 2.12. The maximum atomic E-state index is 8.81. The Morgan fingerprint density at radius 2 is 2.15 bits per heavy atom. The third kappa shape index (κ3) is 2.64. The van der Waals surface area contributed by atoms with Gasteiger partial charge in [-0.2, -0.15) is 5.26 Å². The molecule has 0 N–H and O–H groups in total. The van der Waals surface area contributed by atoms with Crippen LogP contribution in [0.25, 0.3) is 5.57 Å². The van der Waals surface area contributed by atoms with E-state index in [2.05, 4.69) is 6.07 Å². The molecular weight excluding hydrogens is 162 g/mol. The number of nitriles is 1. The molecular formula is C11H11NO. The van der Waals surface area contributed by atoms with Crippen LogP contribution in [0.2, 0.25) is 0 Å². The lowest BCUT2D eigenvalue weighted by atomic mass is 10.1. The fourth-order valence-electron chi connectivity index (χ4n) is 0.943. The number of hydrogen-bond acceptors (Lipinski definition) is 2. The Labute approximate surface area is 78.1 Å². The Balaban J connectivity index is 2.87. The van der Waals surface area contributed by atoms with Gasteiger partial charge in [0.2, 0.25) is 0 Å². The van der Waals surface area contributed by atoms with Gasteiger partial charge in [0.05, 0.1) is 12.2 Å². The van der Waals surface area contributed by atoms with Crippen LogP contribution in [0.4, 0.5) is 0 Å². The van der Waals surface area contributed by atoms with Gasteiger partial charge in [-0.05, 0) is 12.5 Å². The summed E-state index contributed by atoms with van der Waals surface area (Å²) < 4.78 is 5.06. The number of hydrogen-bond donors (Lipinski definition) is 0. The molecule has 0 aliphatic rings. The van der Waals surface area contributed by atoms with Crippen molar-refractivity contribution in [3.63, 3.8) is 0 Å². The molecule has 1 aromatic carbocycles. The summed E-state index contributed by atoms with van der Waals surface area (Å²) in [5, 5.41) is 8.81. The quantitative estimate of drug-likeness (QED) is 0.520. The zero-order chi connectivity index (χ0) is 9.52. The topological polar surface area (TPSA) is 33.0 Å². The maximum Gasteiger partial charge on any atom is 0.103 e. The predicted molar refractivity (Wildman–Crippen MR) is 51.7 cm³/mol. The summed E-state index contributed by atoms with van der Waals surface area (Å²) in [6.07, 6.45) is 1.50. The molecule has 0 aliphatic carbocycles. The highest BCUT2D eigenvalue weighted by atomic mass is 16.5. The second-order valence-electron chi connectivity index (χ2n) is 2.46. The highest BCUT2D eigenvalue weighted by Gasteiger charge is 1.97. The van der Waals surface area contributed by atoms with Crippen LogP contribution in [0.5, 0.6) is 0 Å². The third-order valence-electron chi connectivity index (χ3n) is 1.57. The monoisotopic (exact) mass is 173 g/mol. The van der Waals surface area contributed by atoms with Crippen LogP contribution in [-0.2, 0) is 4.74 Å². The lowest BCUT2D eigenvalue weighted by Gasteiger charge is -1.98. The van der Waals surface area contributed by atoms with Crippen molar-refractivity contribution in [1.29, 1.82) is 5.26 Å². The van der Waals surface area contributed by atoms with Crippen molar-refractivity contribution >= 4 is 5.57 Å². The van der Waals surface area contributed by atoms with Crippen molar-refractivity contribution in [3.05, 3.63) is 42.2 Å². The fraction of sp³-hybridized carbons (Fsp3) is 0.182. The standard InChI is InChI=1S/C11H11NO/c1-2-13-9-11(8-12)10-6-4-3-5-7-10/h3-7,9H,2H2,1H3/b11-9-. The third-order valence-corrected chi connectivity index (χ3v) is 1.57. The van der Waals surface area contributed by atoms with Gasteiger partial charge in [-0.3, -0.25) is 0 Å². The van der Waals surface area contributed by atoms with Crippen molar-refractivity contribution in [2.24, 2.45) is 0 Å². The second kappa shape index (κ2) is 5.00. The van der Waals surface area contributed by atoms with E-state index in [1.807, 2.05) is 37.3 Å². The molecule has 2 heteroatoms. The zero-order valence-electron chi connectivity index (χ0n) is 7.53. The molecule has 2 nitrogen and oxygen atoms in total. The molecule has 0 aliphatic heterocycles. The first-order valence-corrected chi connectivity index (χ1v) is 4.15. The fourth-order valence-corrected chi connectivity index (χ4v) is 0.943. The summed E-state index contributed by atoms with van der Waals surface area (Å²) in [7, 11) is 0. The van der Waals surface area contributed by atoms with Crippen molar-refractivity contribution in [2.75, 3.05) is 6.61 Å². The molecule has 0 saturated carbocycles. The molecule has 66 valence electrons. The molecule has 1 rings (SSSR count). The van der Waals surface area contributed by atoms with Crippen molar-refractivity contribution in [3.8, 4) is 6.07 Å². The summed E-state index contributed by atoms with van der Waals surface area (Å²) >= 11 is 0. The first kappa shape index (κ1) is 9.34. The average Bonchev–Trinajstić information content (AvgIpc) is 2.21. The van der Waals surface area contributed by atoms with E-state index in [0.717, 1.165) is 5.56 Å². The molecule has 0 atom stereocenters. The SMILES string of the molecule is CCO/C=C(/C#N)c1ccccc1. The molecule has 0 heterocycles. The zero-order valence-corrected chi connectivity index (χ0v) is 7.53. The van der Waals surface area contributed by atoms with Gasteiger partial charge >= 0.3 is 0 Å².